The van der Waals surface area contributed by atoms with Crippen molar-refractivity contribution in [2.45, 2.75) is 51.6 Å². The topological polar surface area (TPSA) is 70.1 Å². The molecule has 0 aromatic carbocycles. The van der Waals surface area contributed by atoms with Gasteiger partial charge in [-0.1, -0.05) is 0 Å². The van der Waals surface area contributed by atoms with Crippen molar-refractivity contribution in [3.05, 3.63) is 17.7 Å². The molecule has 0 bridgehead atoms. The normalized spacial score (nSPS) is 27.4. The van der Waals surface area contributed by atoms with Crippen LogP contribution in [-0.2, 0) is 9.53 Å². The van der Waals surface area contributed by atoms with Gasteiger partial charge in [0.05, 0.1) is 18.6 Å². The lowest BCUT2D eigenvalue weighted by Crippen LogP contribution is -2.46. The lowest BCUT2D eigenvalue weighted by molar-refractivity contribution is -0.149. The summed E-state index contributed by atoms with van der Waals surface area (Å²) in [6.45, 7) is 6.22. The molecule has 1 aliphatic carbocycles. The number of nitrogens with zero attached hydrogens (tertiary/aromatic N) is 2. The minimum Gasteiger partial charge on any atom is -0.465 e. The summed E-state index contributed by atoms with van der Waals surface area (Å²) in [6.07, 6.45) is 4.04. The van der Waals surface area contributed by atoms with Crippen molar-refractivity contribution in [3.63, 3.8) is 0 Å². The number of hydrogen-bond donors (Lipinski definition) is 1. The Morgan fingerprint density at radius 3 is 2.94 bits per heavy atom. The van der Waals surface area contributed by atoms with E-state index in [4.69, 9.17) is 10.5 Å². The van der Waals surface area contributed by atoms with Gasteiger partial charge in [-0.15, -0.1) is 0 Å². The highest BCUT2D eigenvalue weighted by atomic mass is 16.5. The van der Waals surface area contributed by atoms with Gasteiger partial charge in [0.25, 0.3) is 0 Å². The number of aromatic nitrogens is 2. The molecule has 1 heterocycles. The number of aryl methyl sites for hydroxylation is 1. The highest BCUT2D eigenvalue weighted by molar-refractivity contribution is 5.81. The van der Waals surface area contributed by atoms with E-state index in [0.717, 1.165) is 17.8 Å². The monoisotopic (exact) mass is 251 g/mol. The van der Waals surface area contributed by atoms with E-state index in [0.29, 0.717) is 19.4 Å². The molecule has 0 spiro atoms. The predicted molar refractivity (Wildman–Crippen MR) is 68.1 cm³/mol. The molecule has 0 aliphatic heterocycles. The smallest absolute Gasteiger partial charge is 0.326 e. The second-order valence-electron chi connectivity index (χ2n) is 5.10. The Morgan fingerprint density at radius 2 is 2.39 bits per heavy atom. The molecule has 2 atom stereocenters. The molecular formula is C13H21N3O2. The Labute approximate surface area is 107 Å². The van der Waals surface area contributed by atoms with Gasteiger partial charge in [0.1, 0.15) is 5.54 Å². The first kappa shape index (κ1) is 13.1. The molecule has 1 fully saturated rings. The lowest BCUT2D eigenvalue weighted by atomic mass is 9.99. The van der Waals surface area contributed by atoms with Gasteiger partial charge in [0.2, 0.25) is 0 Å². The van der Waals surface area contributed by atoms with E-state index in [9.17, 15) is 4.79 Å². The number of carbonyl (C=O) groups excluding carboxylic acids is 1. The molecule has 1 aromatic rings. The molecule has 2 unspecified atom stereocenters. The van der Waals surface area contributed by atoms with E-state index in [1.807, 2.05) is 20.2 Å². The van der Waals surface area contributed by atoms with Crippen molar-refractivity contribution in [2.75, 3.05) is 6.61 Å². The van der Waals surface area contributed by atoms with Crippen LogP contribution in [0.15, 0.2) is 6.33 Å². The van der Waals surface area contributed by atoms with Gasteiger partial charge in [-0.2, -0.15) is 0 Å². The Hall–Kier alpha value is -1.36. The van der Waals surface area contributed by atoms with Crippen molar-refractivity contribution in [1.29, 1.82) is 0 Å². The van der Waals surface area contributed by atoms with Crippen molar-refractivity contribution >= 4 is 5.97 Å². The first-order valence-electron chi connectivity index (χ1n) is 6.44. The van der Waals surface area contributed by atoms with Crippen LogP contribution in [0.4, 0.5) is 0 Å². The third-order valence-electron chi connectivity index (χ3n) is 3.89. The maximum Gasteiger partial charge on any atom is 0.326 e. The maximum atomic E-state index is 11.9. The van der Waals surface area contributed by atoms with Crippen LogP contribution < -0.4 is 5.73 Å². The summed E-state index contributed by atoms with van der Waals surface area (Å²) in [5.74, 6) is -0.276. The third kappa shape index (κ3) is 2.14. The Kier molecular flexibility index (Phi) is 3.43. The Balaban J connectivity index is 2.13. The minimum atomic E-state index is -0.828. The van der Waals surface area contributed by atoms with Crippen LogP contribution in [0, 0.1) is 13.8 Å². The number of esters is 1. The molecule has 5 heteroatoms. The number of carbonyl (C=O) groups is 1. The quantitative estimate of drug-likeness (QED) is 0.826. The van der Waals surface area contributed by atoms with Gasteiger partial charge in [0, 0.05) is 11.7 Å². The van der Waals surface area contributed by atoms with Gasteiger partial charge < -0.3 is 15.0 Å². The molecule has 1 aromatic heterocycles. The highest BCUT2D eigenvalue weighted by Gasteiger charge is 2.44. The zero-order chi connectivity index (χ0) is 13.3. The molecular weight excluding hydrogens is 230 g/mol. The molecule has 2 N–H and O–H groups in total. The third-order valence-corrected chi connectivity index (χ3v) is 3.89. The fourth-order valence-electron chi connectivity index (χ4n) is 2.63. The maximum absolute atomic E-state index is 11.9. The predicted octanol–water partition coefficient (Wildman–Crippen LogP) is 1.49. The van der Waals surface area contributed by atoms with Gasteiger partial charge in [-0.25, -0.2) is 4.98 Å². The van der Waals surface area contributed by atoms with Crippen LogP contribution in [0.3, 0.4) is 0 Å². The fraction of sp³-hybridized carbons (Fsp3) is 0.692. The van der Waals surface area contributed by atoms with E-state index >= 15 is 0 Å². The molecule has 2 rings (SSSR count). The zero-order valence-electron chi connectivity index (χ0n) is 11.3. The van der Waals surface area contributed by atoms with Gasteiger partial charge in [-0.05, 0) is 40.0 Å². The van der Waals surface area contributed by atoms with Crippen molar-refractivity contribution in [3.8, 4) is 0 Å². The van der Waals surface area contributed by atoms with E-state index in [1.165, 1.54) is 0 Å². The Morgan fingerprint density at radius 1 is 1.67 bits per heavy atom. The van der Waals surface area contributed by atoms with E-state index in [2.05, 4.69) is 9.55 Å². The average Bonchev–Trinajstić information content (AvgIpc) is 2.86. The van der Waals surface area contributed by atoms with E-state index in [-0.39, 0.29) is 12.0 Å². The number of ether oxygens (including phenoxy) is 1. The summed E-state index contributed by atoms with van der Waals surface area (Å²) < 4.78 is 7.19. The van der Waals surface area contributed by atoms with Crippen LogP contribution in [-0.4, -0.2) is 27.7 Å². The van der Waals surface area contributed by atoms with E-state index in [1.54, 1.807) is 6.92 Å². The number of imidazole rings is 1. The number of rotatable bonds is 3. The van der Waals surface area contributed by atoms with Gasteiger partial charge in [0.15, 0.2) is 0 Å². The van der Waals surface area contributed by atoms with Gasteiger partial charge >= 0.3 is 5.97 Å². The molecule has 0 amide bonds. The van der Waals surface area contributed by atoms with Crippen LogP contribution in [0.25, 0.3) is 0 Å². The fourth-order valence-corrected chi connectivity index (χ4v) is 2.63. The number of nitrogens with two attached hydrogens (primary N) is 1. The molecule has 0 radical (unpaired) electrons. The summed E-state index contributed by atoms with van der Waals surface area (Å²) in [7, 11) is 0. The molecule has 1 saturated carbocycles. The first-order chi connectivity index (χ1) is 8.48. The second kappa shape index (κ2) is 4.72. The van der Waals surface area contributed by atoms with Crippen LogP contribution in [0.1, 0.15) is 43.6 Å². The standard InChI is InChI=1S/C13H21N3O2/c1-4-18-12(17)13(14)6-5-11(7-13)16-8-15-9(2)10(16)3/h8,11H,4-7,14H2,1-3H3. The zero-order valence-corrected chi connectivity index (χ0v) is 11.3. The summed E-state index contributed by atoms with van der Waals surface area (Å²) >= 11 is 0. The summed E-state index contributed by atoms with van der Waals surface area (Å²) in [6, 6.07) is 0.251. The number of hydrogen-bond acceptors (Lipinski definition) is 4. The lowest BCUT2D eigenvalue weighted by Gasteiger charge is -2.22. The van der Waals surface area contributed by atoms with Crippen LogP contribution >= 0.6 is 0 Å². The summed E-state index contributed by atoms with van der Waals surface area (Å²) in [5, 5.41) is 0. The van der Waals surface area contributed by atoms with Crippen molar-refractivity contribution < 1.29 is 9.53 Å². The van der Waals surface area contributed by atoms with Crippen LogP contribution in [0.2, 0.25) is 0 Å². The van der Waals surface area contributed by atoms with Crippen molar-refractivity contribution in [2.24, 2.45) is 5.73 Å². The Bertz CT molecular complexity index is 455. The minimum absolute atomic E-state index is 0.251. The van der Waals surface area contributed by atoms with Gasteiger partial charge in [-0.3, -0.25) is 4.79 Å². The molecule has 5 nitrogen and oxygen atoms in total. The second-order valence-corrected chi connectivity index (χ2v) is 5.10. The summed E-state index contributed by atoms with van der Waals surface area (Å²) in [5.41, 5.74) is 7.51. The highest BCUT2D eigenvalue weighted by Crippen LogP contribution is 2.37. The average molecular weight is 251 g/mol. The van der Waals surface area contributed by atoms with Crippen LogP contribution in [0.5, 0.6) is 0 Å². The SMILES string of the molecule is CCOC(=O)C1(N)CCC(n2cnc(C)c2C)C1. The van der Waals surface area contributed by atoms with E-state index < -0.39 is 5.54 Å². The molecule has 1 aliphatic rings. The molecule has 18 heavy (non-hydrogen) atoms. The largest absolute Gasteiger partial charge is 0.465 e. The first-order valence-corrected chi connectivity index (χ1v) is 6.44. The van der Waals surface area contributed by atoms with Crippen molar-refractivity contribution in [1.82, 2.24) is 9.55 Å². The summed E-state index contributed by atoms with van der Waals surface area (Å²) in [4.78, 5) is 16.2. The molecule has 0 saturated heterocycles. The molecule has 100 valence electrons.